The van der Waals surface area contributed by atoms with Crippen molar-refractivity contribution in [3.05, 3.63) is 95.6 Å². The third kappa shape index (κ3) is 5.86. The maximum absolute atomic E-state index is 14.0. The summed E-state index contributed by atoms with van der Waals surface area (Å²) >= 11 is 4.74. The molecule has 39 heavy (non-hydrogen) atoms. The maximum atomic E-state index is 14.0. The number of hydrogen-bond acceptors (Lipinski definition) is 8. The Morgan fingerprint density at radius 2 is 1.90 bits per heavy atom. The van der Waals surface area contributed by atoms with Crippen molar-refractivity contribution in [3.63, 3.8) is 0 Å². The first-order chi connectivity index (χ1) is 18.8. The van der Waals surface area contributed by atoms with Crippen LogP contribution in [0.5, 0.6) is 17.2 Å². The number of carbonyl (C=O) groups is 1. The van der Waals surface area contributed by atoms with Crippen LogP contribution >= 0.6 is 27.3 Å². The van der Waals surface area contributed by atoms with Gasteiger partial charge < -0.3 is 18.9 Å². The summed E-state index contributed by atoms with van der Waals surface area (Å²) in [7, 11) is 1.56. The lowest BCUT2D eigenvalue weighted by Crippen LogP contribution is -2.40. The highest BCUT2D eigenvalue weighted by molar-refractivity contribution is 9.10. The molecule has 0 aliphatic carbocycles. The van der Waals surface area contributed by atoms with Crippen LogP contribution in [-0.2, 0) is 9.53 Å². The lowest BCUT2D eigenvalue weighted by molar-refractivity contribution is -0.139. The van der Waals surface area contributed by atoms with Gasteiger partial charge in [0.25, 0.3) is 5.56 Å². The molecular formula is C29H29BrN2O6S. The van der Waals surface area contributed by atoms with Crippen molar-refractivity contribution < 1.29 is 23.7 Å². The molecule has 0 bridgehead atoms. The number of nitrogens with zero attached hydrogens (tertiary/aromatic N) is 2. The number of hydrogen-bond donors (Lipinski definition) is 0. The van der Waals surface area contributed by atoms with E-state index in [0.29, 0.717) is 56.6 Å². The molecule has 204 valence electrons. The van der Waals surface area contributed by atoms with E-state index in [9.17, 15) is 9.59 Å². The fourth-order valence-corrected chi connectivity index (χ4v) is 5.71. The van der Waals surface area contributed by atoms with Gasteiger partial charge in [0.05, 0.1) is 42.2 Å². The second-order valence-corrected chi connectivity index (χ2v) is 10.4. The zero-order valence-electron chi connectivity index (χ0n) is 22.2. The van der Waals surface area contributed by atoms with Crippen LogP contribution in [-0.4, -0.2) is 37.5 Å². The molecule has 1 atom stereocenters. The molecule has 10 heteroatoms. The van der Waals surface area contributed by atoms with Gasteiger partial charge in [-0.05, 0) is 62.7 Å². The van der Waals surface area contributed by atoms with E-state index in [1.165, 1.54) is 15.9 Å². The first kappa shape index (κ1) is 28.4. The van der Waals surface area contributed by atoms with Gasteiger partial charge in [-0.25, -0.2) is 9.79 Å². The number of carbonyl (C=O) groups excluding carboxylic acids is 1. The zero-order chi connectivity index (χ0) is 28.1. The molecule has 2 heterocycles. The van der Waals surface area contributed by atoms with Gasteiger partial charge in [0.2, 0.25) is 0 Å². The van der Waals surface area contributed by atoms with Gasteiger partial charge in [-0.1, -0.05) is 46.0 Å². The normalized spacial score (nSPS) is 14.9. The van der Waals surface area contributed by atoms with E-state index in [2.05, 4.69) is 27.5 Å². The highest BCUT2D eigenvalue weighted by Gasteiger charge is 2.34. The number of ether oxygens (including phenoxy) is 4. The van der Waals surface area contributed by atoms with Crippen LogP contribution in [0.2, 0.25) is 0 Å². The second-order valence-electron chi connectivity index (χ2n) is 8.43. The third-order valence-corrected chi connectivity index (χ3v) is 7.41. The number of thiazole rings is 1. The van der Waals surface area contributed by atoms with E-state index in [4.69, 9.17) is 18.9 Å². The van der Waals surface area contributed by atoms with Gasteiger partial charge in [0, 0.05) is 10.0 Å². The average Bonchev–Trinajstić information content (AvgIpc) is 3.21. The van der Waals surface area contributed by atoms with Gasteiger partial charge >= 0.3 is 5.97 Å². The summed E-state index contributed by atoms with van der Waals surface area (Å²) in [6.07, 6.45) is 3.43. The summed E-state index contributed by atoms with van der Waals surface area (Å²) < 4.78 is 25.2. The molecule has 1 aromatic heterocycles. The lowest BCUT2D eigenvalue weighted by Gasteiger charge is -2.25. The van der Waals surface area contributed by atoms with E-state index in [0.717, 1.165) is 10.0 Å². The number of rotatable bonds is 10. The molecule has 0 saturated carbocycles. The fourth-order valence-electron chi connectivity index (χ4n) is 4.29. The average molecular weight is 614 g/mol. The molecule has 0 N–H and O–H groups in total. The van der Waals surface area contributed by atoms with Crippen molar-refractivity contribution in [2.75, 3.05) is 26.9 Å². The number of aromatic nitrogens is 1. The van der Waals surface area contributed by atoms with Gasteiger partial charge in [0.15, 0.2) is 16.3 Å². The highest BCUT2D eigenvalue weighted by atomic mass is 79.9. The van der Waals surface area contributed by atoms with Crippen molar-refractivity contribution in [1.29, 1.82) is 0 Å². The van der Waals surface area contributed by atoms with Crippen LogP contribution < -0.4 is 29.1 Å². The Labute approximate surface area is 238 Å². The molecular weight excluding hydrogens is 584 g/mol. The van der Waals surface area contributed by atoms with E-state index in [-0.39, 0.29) is 12.2 Å². The standard InChI is InChI=1S/C29H29BrN2O6S/c1-6-13-38-21-12-10-20(30)14-19(21)16-24-27(33)32-26(18-9-11-22(35-5)23(15-18)36-7-2)25(28(34)37-8-3)17(4)31-29(32)39-24/h6,9-12,14-16,26H,1,7-8,13H2,2-5H3/b24-16-/t26-/m1/s1. The van der Waals surface area contributed by atoms with Gasteiger partial charge in [-0.15, -0.1) is 0 Å². The summed E-state index contributed by atoms with van der Waals surface area (Å²) in [6.45, 7) is 10.0. The third-order valence-electron chi connectivity index (χ3n) is 5.94. The van der Waals surface area contributed by atoms with Crippen molar-refractivity contribution in [1.82, 2.24) is 4.57 Å². The minimum atomic E-state index is -0.772. The molecule has 1 aliphatic heterocycles. The number of fused-ring (bicyclic) bond motifs is 1. The van der Waals surface area contributed by atoms with Crippen LogP contribution in [0.4, 0.5) is 0 Å². The monoisotopic (exact) mass is 612 g/mol. The van der Waals surface area contributed by atoms with Gasteiger partial charge in [-0.2, -0.15) is 0 Å². The molecule has 0 unspecified atom stereocenters. The molecule has 0 radical (unpaired) electrons. The largest absolute Gasteiger partial charge is 0.493 e. The molecule has 0 amide bonds. The van der Waals surface area contributed by atoms with Crippen LogP contribution in [0.3, 0.4) is 0 Å². The van der Waals surface area contributed by atoms with Crippen LogP contribution in [0.25, 0.3) is 6.08 Å². The van der Waals surface area contributed by atoms with Crippen molar-refractivity contribution >= 4 is 39.3 Å². The van der Waals surface area contributed by atoms with Gasteiger partial charge in [-0.3, -0.25) is 9.36 Å². The van der Waals surface area contributed by atoms with Crippen LogP contribution in [0.15, 0.2) is 74.6 Å². The van der Waals surface area contributed by atoms with E-state index >= 15 is 0 Å². The molecule has 4 rings (SSSR count). The molecule has 0 spiro atoms. The fraction of sp³-hybridized carbons (Fsp3) is 0.276. The zero-order valence-corrected chi connectivity index (χ0v) is 24.6. The summed E-state index contributed by atoms with van der Waals surface area (Å²) in [6, 6.07) is 10.2. The Morgan fingerprint density at radius 3 is 2.59 bits per heavy atom. The Kier molecular flexibility index (Phi) is 9.08. The topological polar surface area (TPSA) is 88.3 Å². The molecule has 0 fully saturated rings. The Balaban J connectivity index is 1.96. The van der Waals surface area contributed by atoms with Gasteiger partial charge in [0.1, 0.15) is 12.4 Å². The lowest BCUT2D eigenvalue weighted by atomic mass is 9.95. The predicted molar refractivity (Wildman–Crippen MR) is 154 cm³/mol. The predicted octanol–water partition coefficient (Wildman–Crippen LogP) is 4.53. The summed E-state index contributed by atoms with van der Waals surface area (Å²) in [4.78, 5) is 32.3. The molecule has 8 nitrogen and oxygen atoms in total. The van der Waals surface area contributed by atoms with E-state index in [1.807, 2.05) is 31.2 Å². The smallest absolute Gasteiger partial charge is 0.338 e. The minimum Gasteiger partial charge on any atom is -0.493 e. The number of allylic oxidation sites excluding steroid dienone is 1. The van der Waals surface area contributed by atoms with Crippen molar-refractivity contribution in [3.8, 4) is 17.2 Å². The molecule has 3 aromatic rings. The summed E-state index contributed by atoms with van der Waals surface area (Å²) in [5.74, 6) is 1.14. The number of halogens is 1. The Hall–Kier alpha value is -3.63. The van der Waals surface area contributed by atoms with E-state index < -0.39 is 12.0 Å². The Bertz CT molecular complexity index is 1620. The number of esters is 1. The van der Waals surface area contributed by atoms with Crippen molar-refractivity contribution in [2.24, 2.45) is 4.99 Å². The first-order valence-electron chi connectivity index (χ1n) is 12.4. The van der Waals surface area contributed by atoms with E-state index in [1.54, 1.807) is 45.2 Å². The Morgan fingerprint density at radius 1 is 1.13 bits per heavy atom. The van der Waals surface area contributed by atoms with Crippen molar-refractivity contribution in [2.45, 2.75) is 26.8 Å². The SMILES string of the molecule is C=CCOc1ccc(Br)cc1/C=c1\sc2n(c1=O)[C@H](c1ccc(OC)c(OCC)c1)C(C(=O)OCC)=C(C)N=2. The molecule has 2 aromatic carbocycles. The molecule has 1 aliphatic rings. The second kappa shape index (κ2) is 12.5. The van der Waals surface area contributed by atoms with Crippen LogP contribution in [0, 0.1) is 0 Å². The summed E-state index contributed by atoms with van der Waals surface area (Å²) in [5.41, 5.74) is 1.87. The molecule has 0 saturated heterocycles. The summed E-state index contributed by atoms with van der Waals surface area (Å²) in [5, 5.41) is 0. The number of methoxy groups -OCH3 is 1. The first-order valence-corrected chi connectivity index (χ1v) is 14.0. The van der Waals surface area contributed by atoms with Crippen LogP contribution in [0.1, 0.15) is 37.9 Å². The maximum Gasteiger partial charge on any atom is 0.338 e. The number of benzene rings is 2. The highest BCUT2D eigenvalue weighted by Crippen LogP contribution is 2.36. The minimum absolute atomic E-state index is 0.190. The quantitative estimate of drug-likeness (QED) is 0.247.